The van der Waals surface area contributed by atoms with Crippen LogP contribution in [0.2, 0.25) is 0 Å². The quantitative estimate of drug-likeness (QED) is 0.540. The Bertz CT molecular complexity index is 1070. The van der Waals surface area contributed by atoms with Crippen molar-refractivity contribution in [1.82, 2.24) is 14.9 Å². The molecule has 0 aliphatic heterocycles. The lowest BCUT2D eigenvalue weighted by Gasteiger charge is -2.22. The number of nitrogens with one attached hydrogen (secondary N) is 2. The van der Waals surface area contributed by atoms with Crippen molar-refractivity contribution in [3.8, 4) is 0 Å². The number of furan rings is 2. The van der Waals surface area contributed by atoms with Gasteiger partial charge in [0.15, 0.2) is 0 Å². The summed E-state index contributed by atoms with van der Waals surface area (Å²) in [6.07, 6.45) is 3.06. The van der Waals surface area contributed by atoms with Crippen molar-refractivity contribution in [3.63, 3.8) is 0 Å². The molecule has 1 amide bonds. The first-order valence-corrected chi connectivity index (χ1v) is 10.9. The minimum Gasteiger partial charge on any atom is -0.468 e. The number of sulfonamides is 1. The van der Waals surface area contributed by atoms with Gasteiger partial charge >= 0.3 is 0 Å². The largest absolute Gasteiger partial charge is 0.468 e. The van der Waals surface area contributed by atoms with Crippen molar-refractivity contribution in [2.75, 3.05) is 20.6 Å². The molecule has 2 N–H and O–H groups in total. The van der Waals surface area contributed by atoms with E-state index in [9.17, 15) is 13.2 Å². The van der Waals surface area contributed by atoms with E-state index in [1.165, 1.54) is 18.4 Å². The Morgan fingerprint density at radius 3 is 2.47 bits per heavy atom. The van der Waals surface area contributed by atoms with E-state index in [-0.39, 0.29) is 23.4 Å². The predicted molar refractivity (Wildman–Crippen MR) is 111 cm³/mol. The van der Waals surface area contributed by atoms with Gasteiger partial charge in [-0.1, -0.05) is 6.07 Å². The van der Waals surface area contributed by atoms with Gasteiger partial charge in [-0.2, -0.15) is 0 Å². The van der Waals surface area contributed by atoms with E-state index in [0.29, 0.717) is 23.4 Å². The van der Waals surface area contributed by atoms with Gasteiger partial charge in [-0.15, -0.1) is 0 Å². The minimum absolute atomic E-state index is 0.0139. The van der Waals surface area contributed by atoms with E-state index in [2.05, 4.69) is 10.0 Å². The number of aryl methyl sites for hydroxylation is 1. The van der Waals surface area contributed by atoms with Crippen LogP contribution in [0.25, 0.3) is 0 Å². The van der Waals surface area contributed by atoms with Crippen LogP contribution >= 0.6 is 0 Å². The van der Waals surface area contributed by atoms with E-state index in [1.54, 1.807) is 37.5 Å². The zero-order chi connectivity index (χ0) is 21.7. The molecule has 9 heteroatoms. The zero-order valence-corrected chi connectivity index (χ0v) is 17.9. The molecule has 2 aromatic heterocycles. The second-order valence-electron chi connectivity index (χ2n) is 7.09. The standard InChI is InChI=1S/C21H25N3O5S/c1-15-8-9-17(30(26,27)23-13-16-6-4-10-28-16)12-18(15)21(25)22-14-19(24(2)3)20-7-5-11-29-20/h4-12,19,23H,13-14H2,1-3H3,(H,22,25). The summed E-state index contributed by atoms with van der Waals surface area (Å²) in [4.78, 5) is 14.7. The Hall–Kier alpha value is -2.88. The first-order chi connectivity index (χ1) is 14.3. The van der Waals surface area contributed by atoms with Gasteiger partial charge in [0.2, 0.25) is 10.0 Å². The number of likely N-dealkylation sites (N-methyl/N-ethyl adjacent to an activating group) is 1. The molecule has 0 aliphatic rings. The van der Waals surface area contributed by atoms with Gasteiger partial charge < -0.3 is 14.2 Å². The molecule has 8 nitrogen and oxygen atoms in total. The molecule has 1 unspecified atom stereocenters. The summed E-state index contributed by atoms with van der Waals surface area (Å²) in [6.45, 7) is 2.10. The summed E-state index contributed by atoms with van der Waals surface area (Å²) >= 11 is 0. The van der Waals surface area contributed by atoms with Crippen LogP contribution in [0.1, 0.15) is 33.5 Å². The third kappa shape index (κ3) is 5.18. The van der Waals surface area contributed by atoms with E-state index in [1.807, 2.05) is 25.1 Å². The molecular weight excluding hydrogens is 406 g/mol. The summed E-state index contributed by atoms with van der Waals surface area (Å²) in [5.74, 6) is 0.876. The third-order valence-electron chi connectivity index (χ3n) is 4.73. The van der Waals surface area contributed by atoms with Crippen molar-refractivity contribution in [3.05, 3.63) is 77.6 Å². The monoisotopic (exact) mass is 431 g/mol. The van der Waals surface area contributed by atoms with E-state index in [0.717, 1.165) is 5.76 Å². The van der Waals surface area contributed by atoms with Crippen molar-refractivity contribution >= 4 is 15.9 Å². The lowest BCUT2D eigenvalue weighted by molar-refractivity contribution is 0.0938. The average Bonchev–Trinajstić information content (AvgIpc) is 3.41. The number of benzene rings is 1. The second-order valence-corrected chi connectivity index (χ2v) is 8.85. The normalized spacial score (nSPS) is 12.8. The fourth-order valence-electron chi connectivity index (χ4n) is 2.98. The highest BCUT2D eigenvalue weighted by Gasteiger charge is 2.21. The summed E-state index contributed by atoms with van der Waals surface area (Å²) in [7, 11) is -0.0198. The smallest absolute Gasteiger partial charge is 0.251 e. The Morgan fingerprint density at radius 2 is 1.83 bits per heavy atom. The van der Waals surface area contributed by atoms with Crippen LogP contribution in [-0.2, 0) is 16.6 Å². The maximum atomic E-state index is 12.8. The first-order valence-electron chi connectivity index (χ1n) is 9.38. The summed E-state index contributed by atoms with van der Waals surface area (Å²) in [6, 6.07) is 11.3. The molecule has 160 valence electrons. The maximum Gasteiger partial charge on any atom is 0.251 e. The van der Waals surface area contributed by atoms with E-state index in [4.69, 9.17) is 8.83 Å². The van der Waals surface area contributed by atoms with Crippen LogP contribution in [0.5, 0.6) is 0 Å². The molecule has 0 saturated carbocycles. The van der Waals surface area contributed by atoms with Crippen molar-refractivity contribution in [2.45, 2.75) is 24.4 Å². The van der Waals surface area contributed by atoms with Crippen LogP contribution in [0.4, 0.5) is 0 Å². The van der Waals surface area contributed by atoms with Crippen molar-refractivity contribution in [1.29, 1.82) is 0 Å². The van der Waals surface area contributed by atoms with Gasteiger partial charge in [0.1, 0.15) is 11.5 Å². The third-order valence-corrected chi connectivity index (χ3v) is 6.13. The van der Waals surface area contributed by atoms with Crippen molar-refractivity contribution < 1.29 is 22.0 Å². The van der Waals surface area contributed by atoms with Crippen LogP contribution in [0, 0.1) is 6.92 Å². The molecule has 0 bridgehead atoms. The molecule has 3 rings (SSSR count). The molecule has 0 aliphatic carbocycles. The molecule has 0 saturated heterocycles. The molecule has 30 heavy (non-hydrogen) atoms. The molecule has 1 atom stereocenters. The topological polar surface area (TPSA) is 105 Å². The van der Waals surface area contributed by atoms with Gasteiger partial charge in [0.05, 0.1) is 30.0 Å². The fraction of sp³-hybridized carbons (Fsp3) is 0.286. The highest BCUT2D eigenvalue weighted by Crippen LogP contribution is 2.19. The molecule has 0 radical (unpaired) electrons. The maximum absolute atomic E-state index is 12.8. The van der Waals surface area contributed by atoms with Crippen LogP contribution < -0.4 is 10.0 Å². The number of carbonyl (C=O) groups excluding carboxylic acids is 1. The fourth-order valence-corrected chi connectivity index (χ4v) is 4.00. The van der Waals surface area contributed by atoms with Crippen LogP contribution in [0.3, 0.4) is 0 Å². The lowest BCUT2D eigenvalue weighted by atomic mass is 10.1. The summed E-state index contributed by atoms with van der Waals surface area (Å²) in [5, 5.41) is 2.87. The van der Waals surface area contributed by atoms with Gasteiger partial charge in [-0.05, 0) is 63.0 Å². The predicted octanol–water partition coefficient (Wildman–Crippen LogP) is 2.69. The number of hydrogen-bond donors (Lipinski definition) is 2. The highest BCUT2D eigenvalue weighted by molar-refractivity contribution is 7.89. The molecule has 0 fully saturated rings. The second kappa shape index (κ2) is 9.29. The van der Waals surface area contributed by atoms with E-state index < -0.39 is 10.0 Å². The first kappa shape index (κ1) is 21.8. The number of hydrogen-bond acceptors (Lipinski definition) is 6. The SMILES string of the molecule is Cc1ccc(S(=O)(=O)NCc2ccco2)cc1C(=O)NCC(c1ccco1)N(C)C. The zero-order valence-electron chi connectivity index (χ0n) is 17.1. The summed E-state index contributed by atoms with van der Waals surface area (Å²) < 4.78 is 38.3. The van der Waals surface area contributed by atoms with Gasteiger partial charge in [0.25, 0.3) is 5.91 Å². The lowest BCUT2D eigenvalue weighted by Crippen LogP contribution is -2.34. The molecule has 3 aromatic rings. The number of rotatable bonds is 9. The number of amides is 1. The van der Waals surface area contributed by atoms with Crippen LogP contribution in [-0.4, -0.2) is 39.9 Å². The molecule has 0 spiro atoms. The molecule has 2 heterocycles. The Labute approximate surface area is 175 Å². The van der Waals surface area contributed by atoms with Gasteiger partial charge in [-0.25, -0.2) is 13.1 Å². The number of carbonyl (C=O) groups is 1. The average molecular weight is 432 g/mol. The Kier molecular flexibility index (Phi) is 6.76. The van der Waals surface area contributed by atoms with Crippen molar-refractivity contribution in [2.24, 2.45) is 0 Å². The Morgan fingerprint density at radius 1 is 1.10 bits per heavy atom. The molecular formula is C21H25N3O5S. The van der Waals surface area contributed by atoms with Crippen LogP contribution in [0.15, 0.2) is 68.7 Å². The highest BCUT2D eigenvalue weighted by atomic mass is 32.2. The minimum atomic E-state index is -3.80. The van der Waals surface area contributed by atoms with E-state index >= 15 is 0 Å². The molecule has 1 aromatic carbocycles. The van der Waals surface area contributed by atoms with Gasteiger partial charge in [0, 0.05) is 12.1 Å². The van der Waals surface area contributed by atoms with Gasteiger partial charge in [-0.3, -0.25) is 9.69 Å². The summed E-state index contributed by atoms with van der Waals surface area (Å²) in [5.41, 5.74) is 0.977. The Balaban J connectivity index is 1.73. The number of nitrogens with zero attached hydrogens (tertiary/aromatic N) is 1.